The molecular formula is C23H29ClN2O2. The lowest BCUT2D eigenvalue weighted by Crippen LogP contribution is -2.43. The molecule has 1 aromatic rings. The van der Waals surface area contributed by atoms with Crippen LogP contribution in [0.1, 0.15) is 58.9 Å². The molecule has 0 fully saturated rings. The Kier molecular flexibility index (Phi) is 5.72. The van der Waals surface area contributed by atoms with Gasteiger partial charge in [0.2, 0.25) is 0 Å². The predicted molar refractivity (Wildman–Crippen MR) is 113 cm³/mol. The van der Waals surface area contributed by atoms with E-state index < -0.39 is 11.3 Å². The maximum atomic E-state index is 13.5. The molecule has 2 aliphatic rings. The van der Waals surface area contributed by atoms with Crippen molar-refractivity contribution in [2.45, 2.75) is 53.4 Å². The van der Waals surface area contributed by atoms with Crippen LogP contribution in [0.3, 0.4) is 0 Å². The second kappa shape index (κ2) is 7.75. The molecule has 1 aromatic carbocycles. The highest BCUT2D eigenvalue weighted by Crippen LogP contribution is 2.47. The van der Waals surface area contributed by atoms with Gasteiger partial charge in [0, 0.05) is 52.0 Å². The van der Waals surface area contributed by atoms with Crippen LogP contribution in [0.5, 0.6) is 0 Å². The zero-order chi connectivity index (χ0) is 20.6. The molecule has 1 amide bonds. The summed E-state index contributed by atoms with van der Waals surface area (Å²) in [5, 5.41) is 4.00. The molecule has 1 aliphatic carbocycles. The van der Waals surface area contributed by atoms with Gasteiger partial charge in [-0.25, -0.2) is 0 Å². The Morgan fingerprint density at radius 1 is 1.29 bits per heavy atom. The fraction of sp³-hybridized carbons (Fsp3) is 0.478. The molecule has 1 N–H and O–H groups in total. The molecule has 1 unspecified atom stereocenters. The summed E-state index contributed by atoms with van der Waals surface area (Å²) in [7, 11) is 0. The lowest BCUT2D eigenvalue weighted by molar-refractivity contribution is -0.127. The number of allylic oxidation sites excluding steroid dienone is 3. The molecule has 0 saturated carbocycles. The lowest BCUT2D eigenvalue weighted by Gasteiger charge is -2.40. The van der Waals surface area contributed by atoms with Crippen molar-refractivity contribution in [3.63, 3.8) is 0 Å². The van der Waals surface area contributed by atoms with E-state index in [0.29, 0.717) is 23.7 Å². The number of hydrogen-bond donors (Lipinski definition) is 1. The van der Waals surface area contributed by atoms with Crippen LogP contribution in [0.2, 0.25) is 5.02 Å². The smallest absolute Gasteiger partial charge is 0.252 e. The van der Waals surface area contributed by atoms with Crippen molar-refractivity contribution in [1.82, 2.24) is 10.2 Å². The van der Waals surface area contributed by atoms with Gasteiger partial charge in [-0.15, -0.1) is 0 Å². The van der Waals surface area contributed by atoms with Crippen molar-refractivity contribution in [1.29, 1.82) is 0 Å². The molecular weight excluding hydrogens is 372 g/mol. The Balaban J connectivity index is 2.21. The first-order valence-electron chi connectivity index (χ1n) is 10.0. The standard InChI is InChI=1S/C23H29ClN2O2/c1-6-26(7-2)22(28)18-14(3)25-17-11-12-23(4,5)21(27)20(17)19(18)15-9-8-10-16(24)13-15/h8-10,13,19,25H,6-7,11-12H2,1-5H3. The number of ketones is 1. The Hall–Kier alpha value is -2.07. The van der Waals surface area contributed by atoms with Crippen LogP contribution >= 0.6 is 11.6 Å². The van der Waals surface area contributed by atoms with Crippen LogP contribution in [-0.2, 0) is 9.59 Å². The maximum Gasteiger partial charge on any atom is 0.252 e. The van der Waals surface area contributed by atoms with Crippen LogP contribution in [-0.4, -0.2) is 29.7 Å². The largest absolute Gasteiger partial charge is 0.362 e. The topological polar surface area (TPSA) is 49.4 Å². The molecule has 3 rings (SSSR count). The van der Waals surface area contributed by atoms with Crippen LogP contribution < -0.4 is 5.32 Å². The summed E-state index contributed by atoms with van der Waals surface area (Å²) in [6.07, 6.45) is 1.60. The van der Waals surface area contributed by atoms with Gasteiger partial charge in [-0.2, -0.15) is 0 Å². The summed E-state index contributed by atoms with van der Waals surface area (Å²) >= 11 is 6.28. The monoisotopic (exact) mass is 400 g/mol. The first-order valence-corrected chi connectivity index (χ1v) is 10.4. The molecule has 1 heterocycles. The zero-order valence-electron chi connectivity index (χ0n) is 17.4. The first kappa shape index (κ1) is 20.7. The summed E-state index contributed by atoms with van der Waals surface area (Å²) in [5.41, 5.74) is 3.60. The third-order valence-corrected chi connectivity index (χ3v) is 6.20. The van der Waals surface area contributed by atoms with Gasteiger partial charge in [-0.1, -0.05) is 37.6 Å². The van der Waals surface area contributed by atoms with Crippen molar-refractivity contribution in [2.75, 3.05) is 13.1 Å². The Labute approximate surface area is 172 Å². The fourth-order valence-electron chi connectivity index (χ4n) is 4.26. The highest BCUT2D eigenvalue weighted by molar-refractivity contribution is 6.30. The Bertz CT molecular complexity index is 878. The third-order valence-electron chi connectivity index (χ3n) is 5.97. The molecule has 0 aromatic heterocycles. The first-order chi connectivity index (χ1) is 13.2. The number of benzene rings is 1. The number of Topliss-reactive ketones (excluding diaryl/α,β-unsaturated/α-hetero) is 1. The second-order valence-electron chi connectivity index (χ2n) is 8.23. The number of nitrogens with zero attached hydrogens (tertiary/aromatic N) is 1. The van der Waals surface area contributed by atoms with E-state index in [1.807, 2.05) is 63.8 Å². The van der Waals surface area contributed by atoms with E-state index in [2.05, 4.69) is 5.32 Å². The molecule has 1 atom stereocenters. The predicted octanol–water partition coefficient (Wildman–Crippen LogP) is 4.81. The van der Waals surface area contributed by atoms with Crippen LogP contribution in [0.15, 0.2) is 46.8 Å². The van der Waals surface area contributed by atoms with Gasteiger partial charge in [0.15, 0.2) is 5.78 Å². The number of rotatable bonds is 4. The van der Waals surface area contributed by atoms with E-state index in [1.54, 1.807) is 0 Å². The molecule has 0 radical (unpaired) electrons. The van der Waals surface area contributed by atoms with E-state index in [-0.39, 0.29) is 11.7 Å². The van der Waals surface area contributed by atoms with Gasteiger partial charge >= 0.3 is 0 Å². The summed E-state index contributed by atoms with van der Waals surface area (Å²) < 4.78 is 0. The Morgan fingerprint density at radius 2 is 1.96 bits per heavy atom. The summed E-state index contributed by atoms with van der Waals surface area (Å²) in [4.78, 5) is 28.7. The average molecular weight is 401 g/mol. The SMILES string of the molecule is CCN(CC)C(=O)C1=C(C)NC2=C(C(=O)C(C)(C)CC2)C1c1cccc(Cl)c1. The second-order valence-corrected chi connectivity index (χ2v) is 8.67. The normalized spacial score (nSPS) is 21.4. The Morgan fingerprint density at radius 3 is 2.57 bits per heavy atom. The van der Waals surface area contributed by atoms with Crippen LogP contribution in [0, 0.1) is 5.41 Å². The molecule has 0 saturated heterocycles. The highest BCUT2D eigenvalue weighted by Gasteiger charge is 2.45. The zero-order valence-corrected chi connectivity index (χ0v) is 18.1. The third kappa shape index (κ3) is 3.50. The van der Waals surface area contributed by atoms with Crippen molar-refractivity contribution in [2.24, 2.45) is 5.41 Å². The van der Waals surface area contributed by atoms with Gasteiger partial charge in [0.25, 0.3) is 5.91 Å². The molecule has 5 heteroatoms. The maximum absolute atomic E-state index is 13.5. The van der Waals surface area contributed by atoms with E-state index >= 15 is 0 Å². The van der Waals surface area contributed by atoms with Gasteiger partial charge in [0.1, 0.15) is 0 Å². The lowest BCUT2D eigenvalue weighted by atomic mass is 9.67. The van der Waals surface area contributed by atoms with Crippen LogP contribution in [0.25, 0.3) is 0 Å². The van der Waals surface area contributed by atoms with E-state index in [0.717, 1.165) is 35.4 Å². The quantitative estimate of drug-likeness (QED) is 0.788. The number of dihydropyridines is 1. The van der Waals surface area contributed by atoms with Crippen molar-refractivity contribution >= 4 is 23.3 Å². The van der Waals surface area contributed by atoms with Crippen molar-refractivity contribution in [3.05, 3.63) is 57.4 Å². The number of halogens is 1. The number of amides is 1. The van der Waals surface area contributed by atoms with Gasteiger partial charge in [-0.05, 0) is 51.3 Å². The molecule has 150 valence electrons. The molecule has 28 heavy (non-hydrogen) atoms. The van der Waals surface area contributed by atoms with Crippen LogP contribution in [0.4, 0.5) is 0 Å². The summed E-state index contributed by atoms with van der Waals surface area (Å²) in [6, 6.07) is 7.54. The van der Waals surface area contributed by atoms with Gasteiger partial charge < -0.3 is 10.2 Å². The average Bonchev–Trinajstić information content (AvgIpc) is 2.65. The number of hydrogen-bond acceptors (Lipinski definition) is 3. The molecule has 0 spiro atoms. The van der Waals surface area contributed by atoms with Crippen molar-refractivity contribution < 1.29 is 9.59 Å². The minimum Gasteiger partial charge on any atom is -0.362 e. The summed E-state index contributed by atoms with van der Waals surface area (Å²) in [6.45, 7) is 11.1. The minimum absolute atomic E-state index is 0.0253. The number of likely N-dealkylation sites (N-methyl/N-ethyl adjacent to an activating group) is 1. The van der Waals surface area contributed by atoms with Gasteiger partial charge in [0.05, 0.1) is 0 Å². The molecule has 4 nitrogen and oxygen atoms in total. The van der Waals surface area contributed by atoms with E-state index in [4.69, 9.17) is 11.6 Å². The van der Waals surface area contributed by atoms with E-state index in [1.165, 1.54) is 0 Å². The van der Waals surface area contributed by atoms with E-state index in [9.17, 15) is 9.59 Å². The van der Waals surface area contributed by atoms with Crippen molar-refractivity contribution in [3.8, 4) is 0 Å². The summed E-state index contributed by atoms with van der Waals surface area (Å²) in [5.74, 6) is -0.304. The number of carbonyl (C=O) groups is 2. The molecule has 0 bridgehead atoms. The minimum atomic E-state index is -0.439. The highest BCUT2D eigenvalue weighted by atomic mass is 35.5. The van der Waals surface area contributed by atoms with Gasteiger partial charge in [-0.3, -0.25) is 9.59 Å². The number of nitrogens with one attached hydrogen (secondary N) is 1. The fourth-order valence-corrected chi connectivity index (χ4v) is 4.46. The molecule has 1 aliphatic heterocycles. The number of carbonyl (C=O) groups excluding carboxylic acids is 2.